The predicted molar refractivity (Wildman–Crippen MR) is 339 cm³/mol. The largest absolute Gasteiger partial charge is 0.462 e. The van der Waals surface area contributed by atoms with E-state index in [1.165, 1.54) is 212 Å². The zero-order valence-corrected chi connectivity index (χ0v) is 51.9. The highest BCUT2D eigenvalue weighted by molar-refractivity contribution is 5.71. The Morgan fingerprint density at radius 1 is 0.269 bits per heavy atom. The second-order valence-corrected chi connectivity index (χ2v) is 22.7. The number of hydrogen-bond donors (Lipinski definition) is 0. The average Bonchev–Trinajstić information content (AvgIpc) is 3.44. The number of carbonyl (C=O) groups excluding carboxylic acids is 3. The van der Waals surface area contributed by atoms with Gasteiger partial charge in [0.2, 0.25) is 0 Å². The summed E-state index contributed by atoms with van der Waals surface area (Å²) in [6.45, 7) is 6.53. The van der Waals surface area contributed by atoms with E-state index in [0.717, 1.165) is 96.3 Å². The first-order valence-electron chi connectivity index (χ1n) is 33.9. The van der Waals surface area contributed by atoms with Crippen molar-refractivity contribution in [3.05, 3.63) is 72.9 Å². The van der Waals surface area contributed by atoms with Crippen LogP contribution in [0, 0.1) is 0 Å². The van der Waals surface area contributed by atoms with Crippen LogP contribution in [0.15, 0.2) is 72.9 Å². The predicted octanol–water partition coefficient (Wildman–Crippen LogP) is 23.3. The molecule has 0 rings (SSSR count). The summed E-state index contributed by atoms with van der Waals surface area (Å²) in [5.74, 6) is -0.865. The highest BCUT2D eigenvalue weighted by Crippen LogP contribution is 2.18. The number of esters is 3. The van der Waals surface area contributed by atoms with Crippen molar-refractivity contribution in [2.24, 2.45) is 0 Å². The molecule has 0 aliphatic heterocycles. The van der Waals surface area contributed by atoms with Crippen molar-refractivity contribution < 1.29 is 28.6 Å². The Balaban J connectivity index is 4.19. The molecule has 0 aromatic carbocycles. The molecule has 0 aliphatic rings. The molecule has 0 N–H and O–H groups in total. The molecule has 0 amide bonds. The van der Waals surface area contributed by atoms with Crippen molar-refractivity contribution in [1.82, 2.24) is 0 Å². The molecule has 78 heavy (non-hydrogen) atoms. The lowest BCUT2D eigenvalue weighted by atomic mass is 10.0. The van der Waals surface area contributed by atoms with E-state index in [0.29, 0.717) is 19.3 Å². The third kappa shape index (κ3) is 63.7. The van der Waals surface area contributed by atoms with Crippen molar-refractivity contribution in [2.45, 2.75) is 354 Å². The quantitative estimate of drug-likeness (QED) is 0.0261. The Morgan fingerprint density at radius 3 is 0.833 bits per heavy atom. The molecule has 0 fully saturated rings. The number of rotatable bonds is 62. The lowest BCUT2D eigenvalue weighted by molar-refractivity contribution is -0.167. The highest BCUT2D eigenvalue weighted by Gasteiger charge is 2.19. The molecule has 0 bridgehead atoms. The minimum absolute atomic E-state index is 0.0743. The Morgan fingerprint density at radius 2 is 0.513 bits per heavy atom. The maximum atomic E-state index is 12.9. The third-order valence-electron chi connectivity index (χ3n) is 14.9. The van der Waals surface area contributed by atoms with E-state index < -0.39 is 6.10 Å². The second kappa shape index (κ2) is 66.4. The van der Waals surface area contributed by atoms with E-state index in [-0.39, 0.29) is 31.1 Å². The van der Waals surface area contributed by atoms with Crippen LogP contribution in [0.3, 0.4) is 0 Å². The maximum absolute atomic E-state index is 12.9. The van der Waals surface area contributed by atoms with Crippen molar-refractivity contribution >= 4 is 17.9 Å². The van der Waals surface area contributed by atoms with E-state index in [1.807, 2.05) is 0 Å². The van der Waals surface area contributed by atoms with E-state index in [4.69, 9.17) is 14.2 Å². The number of allylic oxidation sites excluding steroid dienone is 12. The molecule has 6 heteroatoms. The molecule has 1 unspecified atom stereocenters. The SMILES string of the molecule is CC/C=C\C/C=C\C/C=C\C/C=C\C/C=C\CCCCCCCCCCCCCCCC(=O)OCC(COC(=O)CCCCCCC/C=C\CCCC)OC(=O)CCCCCCCCCCCCCCCCCCCCCC. The van der Waals surface area contributed by atoms with Crippen LogP contribution in [0.25, 0.3) is 0 Å². The van der Waals surface area contributed by atoms with E-state index in [1.54, 1.807) is 0 Å². The van der Waals surface area contributed by atoms with Crippen LogP contribution in [-0.4, -0.2) is 37.2 Å². The van der Waals surface area contributed by atoms with Gasteiger partial charge in [0.1, 0.15) is 13.2 Å². The summed E-state index contributed by atoms with van der Waals surface area (Å²) in [5.41, 5.74) is 0. The molecule has 0 aromatic heterocycles. The normalized spacial score (nSPS) is 12.5. The van der Waals surface area contributed by atoms with Gasteiger partial charge in [0, 0.05) is 19.3 Å². The van der Waals surface area contributed by atoms with Crippen LogP contribution in [0.4, 0.5) is 0 Å². The lowest BCUT2D eigenvalue weighted by Gasteiger charge is -2.18. The van der Waals surface area contributed by atoms with Crippen LogP contribution in [-0.2, 0) is 28.6 Å². The van der Waals surface area contributed by atoms with Crippen molar-refractivity contribution in [3.63, 3.8) is 0 Å². The molecule has 0 aromatic rings. The first-order chi connectivity index (χ1) is 38.5. The first kappa shape index (κ1) is 74.8. The summed E-state index contributed by atoms with van der Waals surface area (Å²) in [4.78, 5) is 38.3. The van der Waals surface area contributed by atoms with Crippen LogP contribution < -0.4 is 0 Å². The van der Waals surface area contributed by atoms with Gasteiger partial charge in [-0.2, -0.15) is 0 Å². The van der Waals surface area contributed by atoms with E-state index in [9.17, 15) is 14.4 Å². The highest BCUT2D eigenvalue weighted by atomic mass is 16.6. The standard InChI is InChI=1S/C72H128O6/c1-4-7-10-13-16-19-22-24-26-28-30-32-33-34-35-36-37-38-39-40-42-43-45-47-50-53-56-59-62-65-71(74)77-68-69(67-76-70(73)64-61-58-55-52-49-21-18-15-12-9-6-3)78-72(75)66-63-60-57-54-51-48-46-44-41-31-29-27-25-23-20-17-14-11-8-5-2/h7,10,15-16,18-19,24,26,30,32,34-35,69H,4-6,8-9,11-14,17,20-23,25,27-29,31,33,36-68H2,1-3H3/b10-7-,18-15-,19-16-,26-24-,32-30-,35-34-. The van der Waals surface area contributed by atoms with Crippen LogP contribution in [0.5, 0.6) is 0 Å². The minimum Gasteiger partial charge on any atom is -0.462 e. The van der Waals surface area contributed by atoms with Crippen molar-refractivity contribution in [1.29, 1.82) is 0 Å². The zero-order chi connectivity index (χ0) is 56.4. The number of carbonyl (C=O) groups is 3. The Bertz CT molecular complexity index is 1440. The van der Waals surface area contributed by atoms with Gasteiger partial charge in [-0.1, -0.05) is 318 Å². The fourth-order valence-electron chi connectivity index (χ4n) is 9.87. The zero-order valence-electron chi connectivity index (χ0n) is 51.9. The number of hydrogen-bond acceptors (Lipinski definition) is 6. The molecule has 6 nitrogen and oxygen atoms in total. The monoisotopic (exact) mass is 1090 g/mol. The molecule has 0 heterocycles. The van der Waals surface area contributed by atoms with Gasteiger partial charge < -0.3 is 14.2 Å². The van der Waals surface area contributed by atoms with Crippen LogP contribution in [0.2, 0.25) is 0 Å². The summed E-state index contributed by atoms with van der Waals surface area (Å²) in [5, 5.41) is 0. The summed E-state index contributed by atoms with van der Waals surface area (Å²) >= 11 is 0. The summed E-state index contributed by atoms with van der Waals surface area (Å²) < 4.78 is 16.9. The molecule has 0 radical (unpaired) electrons. The van der Waals surface area contributed by atoms with Gasteiger partial charge in [0.25, 0.3) is 0 Å². The van der Waals surface area contributed by atoms with Crippen molar-refractivity contribution in [3.8, 4) is 0 Å². The number of unbranched alkanes of at least 4 members (excludes halogenated alkanes) is 39. The topological polar surface area (TPSA) is 78.9 Å². The van der Waals surface area contributed by atoms with Gasteiger partial charge >= 0.3 is 17.9 Å². The van der Waals surface area contributed by atoms with E-state index >= 15 is 0 Å². The van der Waals surface area contributed by atoms with Gasteiger partial charge in [-0.15, -0.1) is 0 Å². The Labute approximate surface area is 484 Å². The number of ether oxygens (including phenoxy) is 3. The second-order valence-electron chi connectivity index (χ2n) is 22.7. The van der Waals surface area contributed by atoms with Gasteiger partial charge in [0.05, 0.1) is 0 Å². The molecule has 0 aliphatic carbocycles. The summed E-state index contributed by atoms with van der Waals surface area (Å²) in [7, 11) is 0. The van der Waals surface area contributed by atoms with E-state index in [2.05, 4.69) is 93.7 Å². The van der Waals surface area contributed by atoms with Gasteiger partial charge in [-0.25, -0.2) is 0 Å². The molecule has 0 saturated heterocycles. The third-order valence-corrected chi connectivity index (χ3v) is 14.9. The van der Waals surface area contributed by atoms with Gasteiger partial charge in [-0.05, 0) is 83.5 Å². The van der Waals surface area contributed by atoms with Crippen LogP contribution >= 0.6 is 0 Å². The van der Waals surface area contributed by atoms with Crippen LogP contribution in [0.1, 0.15) is 348 Å². The minimum atomic E-state index is -0.777. The smallest absolute Gasteiger partial charge is 0.306 e. The molecule has 1 atom stereocenters. The Kier molecular flexibility index (Phi) is 63.7. The first-order valence-corrected chi connectivity index (χ1v) is 33.9. The summed E-state index contributed by atoms with van der Waals surface area (Å²) in [6, 6.07) is 0. The molecule has 0 spiro atoms. The maximum Gasteiger partial charge on any atom is 0.306 e. The van der Waals surface area contributed by atoms with Gasteiger partial charge in [0.15, 0.2) is 6.10 Å². The van der Waals surface area contributed by atoms with Crippen molar-refractivity contribution in [2.75, 3.05) is 13.2 Å². The fourth-order valence-corrected chi connectivity index (χ4v) is 9.87. The molecule has 0 saturated carbocycles. The molecular formula is C72H128O6. The lowest BCUT2D eigenvalue weighted by Crippen LogP contribution is -2.30. The molecular weight excluding hydrogens is 961 g/mol. The average molecular weight is 1090 g/mol. The van der Waals surface area contributed by atoms with Gasteiger partial charge in [-0.3, -0.25) is 14.4 Å². The fraction of sp³-hybridized carbons (Fsp3) is 0.792. The molecule has 452 valence electrons. The summed E-state index contributed by atoms with van der Waals surface area (Å²) in [6.07, 6.45) is 86.4. The Hall–Kier alpha value is -3.15.